The maximum absolute atomic E-state index is 12.9. The zero-order valence-electron chi connectivity index (χ0n) is 14.4. The summed E-state index contributed by atoms with van der Waals surface area (Å²) in [7, 11) is -0.498. The summed E-state index contributed by atoms with van der Waals surface area (Å²) in [6.45, 7) is 7.06. The average molecular weight is 337 g/mol. The van der Waals surface area contributed by atoms with E-state index >= 15 is 0 Å². The third-order valence-electron chi connectivity index (χ3n) is 5.28. The van der Waals surface area contributed by atoms with E-state index in [-0.39, 0.29) is 5.91 Å². The summed E-state index contributed by atoms with van der Waals surface area (Å²) in [5, 5.41) is 0. The zero-order chi connectivity index (χ0) is 17.8. The summed E-state index contributed by atoms with van der Waals surface area (Å²) in [4.78, 5) is 13.3. The highest BCUT2D eigenvalue weighted by atomic mass is 19.3. The number of hydrogen-bond acceptors (Lipinski definition) is 3. The van der Waals surface area contributed by atoms with Crippen LogP contribution in [0.5, 0.6) is 0 Å². The SMILES string of the molecule is CCC1(C)OB(c2ccc(C(=O)N3CC(F)(F)C3)cc2)OC1(C)C. The summed E-state index contributed by atoms with van der Waals surface area (Å²) in [6.07, 6.45) is 0.816. The van der Waals surface area contributed by atoms with E-state index in [0.717, 1.165) is 16.8 Å². The predicted molar refractivity (Wildman–Crippen MR) is 87.6 cm³/mol. The fraction of sp³-hybridized carbons (Fsp3) is 0.588. The van der Waals surface area contributed by atoms with Crippen LogP contribution in [0.4, 0.5) is 8.78 Å². The van der Waals surface area contributed by atoms with Gasteiger partial charge in [0.05, 0.1) is 24.3 Å². The van der Waals surface area contributed by atoms with Crippen molar-refractivity contribution in [2.75, 3.05) is 13.1 Å². The van der Waals surface area contributed by atoms with Gasteiger partial charge in [-0.3, -0.25) is 4.79 Å². The van der Waals surface area contributed by atoms with Crippen molar-refractivity contribution >= 4 is 18.5 Å². The Bertz CT molecular complexity index is 642. The molecule has 2 fully saturated rings. The molecule has 0 saturated carbocycles. The number of alkyl halides is 2. The summed E-state index contributed by atoms with van der Waals surface area (Å²) in [6, 6.07) is 6.78. The Morgan fingerprint density at radius 1 is 1.17 bits per heavy atom. The number of carbonyl (C=O) groups is 1. The lowest BCUT2D eigenvalue weighted by Gasteiger charge is -2.38. The minimum atomic E-state index is -2.75. The third-order valence-corrected chi connectivity index (χ3v) is 5.28. The lowest BCUT2D eigenvalue weighted by molar-refractivity contribution is -0.113. The van der Waals surface area contributed by atoms with Crippen LogP contribution in [0, 0.1) is 0 Å². The van der Waals surface area contributed by atoms with Crippen LogP contribution in [0.1, 0.15) is 44.5 Å². The highest BCUT2D eigenvalue weighted by molar-refractivity contribution is 6.62. The van der Waals surface area contributed by atoms with Crippen LogP contribution in [0.15, 0.2) is 24.3 Å². The molecule has 0 aliphatic carbocycles. The minimum absolute atomic E-state index is 0.375. The molecule has 2 heterocycles. The van der Waals surface area contributed by atoms with Crippen molar-refractivity contribution in [2.24, 2.45) is 0 Å². The van der Waals surface area contributed by atoms with E-state index in [1.54, 1.807) is 24.3 Å². The van der Waals surface area contributed by atoms with E-state index < -0.39 is 37.3 Å². The molecule has 3 rings (SSSR count). The van der Waals surface area contributed by atoms with Crippen LogP contribution >= 0.6 is 0 Å². The van der Waals surface area contributed by atoms with Gasteiger partial charge >= 0.3 is 7.12 Å². The Balaban J connectivity index is 1.71. The fourth-order valence-electron chi connectivity index (χ4n) is 3.06. The normalized spacial score (nSPS) is 27.9. The highest BCUT2D eigenvalue weighted by Gasteiger charge is 2.53. The molecule has 0 spiro atoms. The van der Waals surface area contributed by atoms with Crippen LogP contribution in [-0.2, 0) is 9.31 Å². The molecule has 0 N–H and O–H groups in total. The lowest BCUT2D eigenvalue weighted by Crippen LogP contribution is -2.58. The van der Waals surface area contributed by atoms with Crippen LogP contribution < -0.4 is 5.46 Å². The molecule has 2 aliphatic heterocycles. The minimum Gasteiger partial charge on any atom is -0.399 e. The first-order valence-electron chi connectivity index (χ1n) is 8.20. The molecule has 1 atom stereocenters. The molecule has 130 valence electrons. The maximum atomic E-state index is 12.9. The second-order valence-corrected chi connectivity index (χ2v) is 7.30. The van der Waals surface area contributed by atoms with E-state index in [2.05, 4.69) is 6.92 Å². The maximum Gasteiger partial charge on any atom is 0.494 e. The van der Waals surface area contributed by atoms with Gasteiger partial charge in [0.15, 0.2) is 0 Å². The van der Waals surface area contributed by atoms with E-state index in [0.29, 0.717) is 5.56 Å². The lowest BCUT2D eigenvalue weighted by atomic mass is 9.79. The van der Waals surface area contributed by atoms with Gasteiger partial charge < -0.3 is 14.2 Å². The number of likely N-dealkylation sites (tertiary alicyclic amines) is 1. The van der Waals surface area contributed by atoms with Crippen LogP contribution in [0.2, 0.25) is 0 Å². The van der Waals surface area contributed by atoms with E-state index in [1.807, 2.05) is 20.8 Å². The Morgan fingerprint density at radius 3 is 2.21 bits per heavy atom. The van der Waals surface area contributed by atoms with Crippen molar-refractivity contribution in [3.63, 3.8) is 0 Å². The number of benzene rings is 1. The monoisotopic (exact) mass is 337 g/mol. The molecule has 1 aromatic rings. The number of nitrogens with zero attached hydrogens (tertiary/aromatic N) is 1. The number of rotatable bonds is 3. The topological polar surface area (TPSA) is 38.8 Å². The van der Waals surface area contributed by atoms with Crippen LogP contribution in [0.25, 0.3) is 0 Å². The van der Waals surface area contributed by atoms with Crippen molar-refractivity contribution in [1.82, 2.24) is 4.90 Å². The second kappa shape index (κ2) is 5.53. The van der Waals surface area contributed by atoms with Gasteiger partial charge in [-0.25, -0.2) is 8.78 Å². The van der Waals surface area contributed by atoms with Crippen molar-refractivity contribution < 1.29 is 22.9 Å². The quantitative estimate of drug-likeness (QED) is 0.796. The Hall–Kier alpha value is -1.47. The first-order chi connectivity index (χ1) is 11.1. The van der Waals surface area contributed by atoms with Crippen LogP contribution in [-0.4, -0.2) is 48.1 Å². The molecule has 1 aromatic carbocycles. The van der Waals surface area contributed by atoms with Crippen LogP contribution in [0.3, 0.4) is 0 Å². The molecule has 0 radical (unpaired) electrons. The van der Waals surface area contributed by atoms with Gasteiger partial charge in [0.1, 0.15) is 0 Å². The Labute approximate surface area is 141 Å². The van der Waals surface area contributed by atoms with Gasteiger partial charge in [-0.05, 0) is 44.8 Å². The molecule has 0 bridgehead atoms. The summed E-state index contributed by atoms with van der Waals surface area (Å²) in [5.74, 6) is -3.13. The summed E-state index contributed by atoms with van der Waals surface area (Å²) >= 11 is 0. The van der Waals surface area contributed by atoms with Gasteiger partial charge in [-0.1, -0.05) is 19.1 Å². The average Bonchev–Trinajstić information content (AvgIpc) is 2.75. The Kier molecular flexibility index (Phi) is 4.00. The molecule has 7 heteroatoms. The van der Waals surface area contributed by atoms with Gasteiger partial charge in [0.25, 0.3) is 11.8 Å². The third kappa shape index (κ3) is 2.84. The highest BCUT2D eigenvalue weighted by Crippen LogP contribution is 2.39. The zero-order valence-corrected chi connectivity index (χ0v) is 14.4. The number of hydrogen-bond donors (Lipinski definition) is 0. The molecule has 24 heavy (non-hydrogen) atoms. The van der Waals surface area contributed by atoms with Crippen molar-refractivity contribution in [3.8, 4) is 0 Å². The van der Waals surface area contributed by atoms with Gasteiger partial charge in [0, 0.05) is 5.56 Å². The van der Waals surface area contributed by atoms with Crippen molar-refractivity contribution in [3.05, 3.63) is 29.8 Å². The Morgan fingerprint density at radius 2 is 1.75 bits per heavy atom. The smallest absolute Gasteiger partial charge is 0.399 e. The van der Waals surface area contributed by atoms with Crippen molar-refractivity contribution in [2.45, 2.75) is 51.2 Å². The molecule has 2 saturated heterocycles. The molecular weight excluding hydrogens is 315 g/mol. The van der Waals surface area contributed by atoms with Crippen molar-refractivity contribution in [1.29, 1.82) is 0 Å². The molecule has 1 amide bonds. The fourth-order valence-corrected chi connectivity index (χ4v) is 3.06. The van der Waals surface area contributed by atoms with Gasteiger partial charge in [0.2, 0.25) is 0 Å². The van der Waals surface area contributed by atoms with E-state index in [4.69, 9.17) is 9.31 Å². The molecule has 2 aliphatic rings. The number of halogens is 2. The van der Waals surface area contributed by atoms with E-state index in [9.17, 15) is 13.6 Å². The number of carbonyl (C=O) groups excluding carboxylic acids is 1. The first-order valence-corrected chi connectivity index (χ1v) is 8.20. The largest absolute Gasteiger partial charge is 0.494 e. The second-order valence-electron chi connectivity index (χ2n) is 7.30. The molecule has 1 unspecified atom stereocenters. The predicted octanol–water partition coefficient (Wildman–Crippen LogP) is 2.47. The van der Waals surface area contributed by atoms with E-state index in [1.165, 1.54) is 0 Å². The number of amides is 1. The first kappa shape index (κ1) is 17.4. The summed E-state index contributed by atoms with van der Waals surface area (Å²) in [5.41, 5.74) is 0.384. The molecule has 0 aromatic heterocycles. The standard InChI is InChI=1S/C17H22BF2NO3/c1-5-16(4)15(2,3)23-18(24-16)13-8-6-12(7-9-13)14(22)21-10-17(19,20)11-21/h6-9H,5,10-11H2,1-4H3. The molecular formula is C17H22BF2NO3. The molecule has 4 nitrogen and oxygen atoms in total. The summed E-state index contributed by atoms with van der Waals surface area (Å²) < 4.78 is 37.9. The van der Waals surface area contributed by atoms with Gasteiger partial charge in [-0.2, -0.15) is 0 Å². The van der Waals surface area contributed by atoms with Gasteiger partial charge in [-0.15, -0.1) is 0 Å².